The second-order valence-electron chi connectivity index (χ2n) is 5.01. The summed E-state index contributed by atoms with van der Waals surface area (Å²) in [4.78, 5) is 28.7. The molecule has 1 unspecified atom stereocenters. The summed E-state index contributed by atoms with van der Waals surface area (Å²) in [5, 5.41) is 9.00. The van der Waals surface area contributed by atoms with Crippen LogP contribution in [0.1, 0.15) is 6.42 Å². The maximum absolute atomic E-state index is 11.9. The molecule has 21 heavy (non-hydrogen) atoms. The molecular formula is C16H14N2O3. The Balaban J connectivity index is 1.82. The number of hydrogen-bond donors (Lipinski definition) is 1. The van der Waals surface area contributed by atoms with Crippen molar-refractivity contribution in [2.24, 2.45) is 5.92 Å². The van der Waals surface area contributed by atoms with Gasteiger partial charge in [0.25, 0.3) is 0 Å². The summed E-state index contributed by atoms with van der Waals surface area (Å²) >= 11 is 0. The summed E-state index contributed by atoms with van der Waals surface area (Å²) in [6, 6.07) is 13.1. The Bertz CT molecular complexity index is 668. The molecule has 5 heteroatoms. The van der Waals surface area contributed by atoms with Crippen molar-refractivity contribution in [3.05, 3.63) is 48.7 Å². The van der Waals surface area contributed by atoms with E-state index >= 15 is 0 Å². The van der Waals surface area contributed by atoms with E-state index in [9.17, 15) is 9.59 Å². The minimum atomic E-state index is -0.920. The number of rotatable bonds is 3. The molecule has 0 saturated carbocycles. The van der Waals surface area contributed by atoms with Crippen molar-refractivity contribution in [1.29, 1.82) is 0 Å². The van der Waals surface area contributed by atoms with Crippen LogP contribution < -0.4 is 4.90 Å². The number of benzene rings is 1. The van der Waals surface area contributed by atoms with Gasteiger partial charge in [0.2, 0.25) is 5.91 Å². The van der Waals surface area contributed by atoms with Crippen molar-refractivity contribution in [3.8, 4) is 11.3 Å². The second kappa shape index (κ2) is 5.36. The largest absolute Gasteiger partial charge is 0.481 e. The molecule has 2 heterocycles. The van der Waals surface area contributed by atoms with Crippen LogP contribution >= 0.6 is 0 Å². The maximum atomic E-state index is 11.9. The van der Waals surface area contributed by atoms with Crippen LogP contribution in [0.25, 0.3) is 11.3 Å². The Kier molecular flexibility index (Phi) is 3.39. The lowest BCUT2D eigenvalue weighted by Gasteiger charge is -2.16. The summed E-state index contributed by atoms with van der Waals surface area (Å²) in [5.41, 5.74) is 2.55. The van der Waals surface area contributed by atoms with Crippen LogP contribution in [0.15, 0.2) is 48.7 Å². The monoisotopic (exact) mass is 282 g/mol. The van der Waals surface area contributed by atoms with Gasteiger partial charge < -0.3 is 10.0 Å². The Morgan fingerprint density at radius 3 is 2.52 bits per heavy atom. The van der Waals surface area contributed by atoms with E-state index in [0.717, 1.165) is 16.9 Å². The van der Waals surface area contributed by atoms with Gasteiger partial charge in [0.15, 0.2) is 0 Å². The number of carboxylic acid groups (broad SMARTS) is 1. The molecule has 0 spiro atoms. The highest BCUT2D eigenvalue weighted by Gasteiger charge is 2.34. The smallest absolute Gasteiger partial charge is 0.308 e. The molecule has 0 radical (unpaired) electrons. The predicted molar refractivity (Wildman–Crippen MR) is 77.8 cm³/mol. The number of aromatic nitrogens is 1. The third-order valence-corrected chi connectivity index (χ3v) is 3.61. The minimum absolute atomic E-state index is 0.0668. The Hall–Kier alpha value is -2.69. The molecule has 1 N–H and O–H groups in total. The quantitative estimate of drug-likeness (QED) is 0.936. The van der Waals surface area contributed by atoms with Crippen LogP contribution in [-0.4, -0.2) is 28.5 Å². The number of hydrogen-bond acceptors (Lipinski definition) is 3. The number of nitrogens with zero attached hydrogens (tertiary/aromatic N) is 2. The first-order chi connectivity index (χ1) is 10.1. The van der Waals surface area contributed by atoms with E-state index in [1.807, 2.05) is 42.5 Å². The van der Waals surface area contributed by atoms with Crippen LogP contribution in [-0.2, 0) is 9.59 Å². The standard InChI is InChI=1S/C16H14N2O3/c19-15-9-12(16(20)21)10-18(15)13-6-4-11(5-7-13)14-3-1-2-8-17-14/h1-8,12H,9-10H2,(H,20,21). The highest BCUT2D eigenvalue weighted by atomic mass is 16.4. The molecule has 1 saturated heterocycles. The molecule has 0 aliphatic carbocycles. The molecule has 106 valence electrons. The third kappa shape index (κ3) is 2.63. The van der Waals surface area contributed by atoms with Crippen molar-refractivity contribution in [2.45, 2.75) is 6.42 Å². The topological polar surface area (TPSA) is 70.5 Å². The number of carbonyl (C=O) groups excluding carboxylic acids is 1. The van der Waals surface area contributed by atoms with E-state index in [4.69, 9.17) is 5.11 Å². The van der Waals surface area contributed by atoms with Crippen molar-refractivity contribution < 1.29 is 14.7 Å². The number of aliphatic carboxylic acids is 1. The first-order valence-electron chi connectivity index (χ1n) is 6.70. The third-order valence-electron chi connectivity index (χ3n) is 3.61. The first-order valence-corrected chi connectivity index (χ1v) is 6.70. The van der Waals surface area contributed by atoms with E-state index in [1.165, 1.54) is 4.90 Å². The van der Waals surface area contributed by atoms with Gasteiger partial charge in [-0.15, -0.1) is 0 Å². The van der Waals surface area contributed by atoms with E-state index in [-0.39, 0.29) is 18.9 Å². The number of anilines is 1. The molecule has 0 bridgehead atoms. The molecule has 3 rings (SSSR count). The van der Waals surface area contributed by atoms with Gasteiger partial charge in [0, 0.05) is 30.4 Å². The fourth-order valence-electron chi connectivity index (χ4n) is 2.47. The van der Waals surface area contributed by atoms with Crippen LogP contribution in [0.2, 0.25) is 0 Å². The predicted octanol–water partition coefficient (Wildman–Crippen LogP) is 2.19. The molecule has 1 aromatic heterocycles. The first kappa shape index (κ1) is 13.3. The van der Waals surface area contributed by atoms with E-state index < -0.39 is 11.9 Å². The number of pyridine rings is 1. The van der Waals surface area contributed by atoms with E-state index in [1.54, 1.807) is 6.20 Å². The van der Waals surface area contributed by atoms with Gasteiger partial charge in [-0.05, 0) is 24.3 Å². The molecule has 1 amide bonds. The second-order valence-corrected chi connectivity index (χ2v) is 5.01. The molecule has 1 aliphatic heterocycles. The van der Waals surface area contributed by atoms with Crippen LogP contribution in [0.4, 0.5) is 5.69 Å². The summed E-state index contributed by atoms with van der Waals surface area (Å²) in [6.07, 6.45) is 1.79. The summed E-state index contributed by atoms with van der Waals surface area (Å²) in [6.45, 7) is 0.233. The zero-order chi connectivity index (χ0) is 14.8. The van der Waals surface area contributed by atoms with Crippen molar-refractivity contribution in [1.82, 2.24) is 4.98 Å². The normalized spacial score (nSPS) is 18.0. The summed E-state index contributed by atoms with van der Waals surface area (Å²) in [5.74, 6) is -1.68. The molecule has 1 fully saturated rings. The molecule has 1 aromatic carbocycles. The van der Waals surface area contributed by atoms with Crippen LogP contribution in [0, 0.1) is 5.92 Å². The lowest BCUT2D eigenvalue weighted by Crippen LogP contribution is -2.25. The van der Waals surface area contributed by atoms with E-state index in [2.05, 4.69) is 4.98 Å². The molecule has 1 aliphatic rings. The van der Waals surface area contributed by atoms with Gasteiger partial charge in [-0.2, -0.15) is 0 Å². The number of amides is 1. The van der Waals surface area contributed by atoms with Gasteiger partial charge in [-0.1, -0.05) is 18.2 Å². The van der Waals surface area contributed by atoms with Crippen molar-refractivity contribution in [3.63, 3.8) is 0 Å². The van der Waals surface area contributed by atoms with Crippen LogP contribution in [0.5, 0.6) is 0 Å². The van der Waals surface area contributed by atoms with Gasteiger partial charge in [-0.25, -0.2) is 0 Å². The van der Waals surface area contributed by atoms with Crippen molar-refractivity contribution in [2.75, 3.05) is 11.4 Å². The highest BCUT2D eigenvalue weighted by Crippen LogP contribution is 2.27. The number of carbonyl (C=O) groups is 2. The summed E-state index contributed by atoms with van der Waals surface area (Å²) in [7, 11) is 0. The average Bonchev–Trinajstić information content (AvgIpc) is 2.91. The fourth-order valence-corrected chi connectivity index (χ4v) is 2.47. The molecule has 2 aromatic rings. The number of carboxylic acids is 1. The lowest BCUT2D eigenvalue weighted by atomic mass is 10.1. The lowest BCUT2D eigenvalue weighted by molar-refractivity contribution is -0.141. The molecule has 1 atom stereocenters. The zero-order valence-electron chi connectivity index (χ0n) is 11.3. The Morgan fingerprint density at radius 1 is 1.19 bits per heavy atom. The van der Waals surface area contributed by atoms with Gasteiger partial charge >= 0.3 is 5.97 Å². The minimum Gasteiger partial charge on any atom is -0.481 e. The van der Waals surface area contributed by atoms with Gasteiger partial charge in [0.05, 0.1) is 11.6 Å². The van der Waals surface area contributed by atoms with Crippen molar-refractivity contribution >= 4 is 17.6 Å². The van der Waals surface area contributed by atoms with Crippen LogP contribution in [0.3, 0.4) is 0 Å². The van der Waals surface area contributed by atoms with Gasteiger partial charge in [0.1, 0.15) is 0 Å². The van der Waals surface area contributed by atoms with E-state index in [0.29, 0.717) is 0 Å². The Labute approximate surface area is 121 Å². The maximum Gasteiger partial charge on any atom is 0.308 e. The molecule has 5 nitrogen and oxygen atoms in total. The zero-order valence-corrected chi connectivity index (χ0v) is 11.3. The van der Waals surface area contributed by atoms with Gasteiger partial charge in [-0.3, -0.25) is 14.6 Å². The summed E-state index contributed by atoms with van der Waals surface area (Å²) < 4.78 is 0. The SMILES string of the molecule is O=C(O)C1CC(=O)N(c2ccc(-c3ccccn3)cc2)C1. The Morgan fingerprint density at radius 2 is 1.95 bits per heavy atom. The highest BCUT2D eigenvalue weighted by molar-refractivity contribution is 5.99. The fraction of sp³-hybridized carbons (Fsp3) is 0.188. The molecular weight excluding hydrogens is 268 g/mol. The average molecular weight is 282 g/mol.